The number of hydrogen-bond acceptors (Lipinski definition) is 2. The number of nitrogens with two attached hydrogens (primary N) is 1. The fraction of sp³-hybridized carbons (Fsp3) is 0.929. The summed E-state index contributed by atoms with van der Waals surface area (Å²) in [6.45, 7) is 9.07. The lowest BCUT2D eigenvalue weighted by molar-refractivity contribution is 0.245. The molecule has 0 amide bonds. The maximum atomic E-state index is 5.76. The first-order valence-electron chi connectivity index (χ1n) is 7.01. The molecule has 0 aliphatic heterocycles. The molecule has 2 N–H and O–H groups in total. The number of thiocarbonyl (C=S) groups is 1. The summed E-state index contributed by atoms with van der Waals surface area (Å²) in [5, 5.41) is 0. The van der Waals surface area contributed by atoms with Crippen molar-refractivity contribution in [1.29, 1.82) is 0 Å². The van der Waals surface area contributed by atoms with Gasteiger partial charge in [-0.3, -0.25) is 0 Å². The van der Waals surface area contributed by atoms with Crippen molar-refractivity contribution in [3.8, 4) is 0 Å². The summed E-state index contributed by atoms with van der Waals surface area (Å²) in [6, 6.07) is 0.884. The van der Waals surface area contributed by atoms with Crippen LogP contribution >= 0.6 is 12.2 Å². The zero-order valence-electron chi connectivity index (χ0n) is 11.7. The molecule has 1 saturated carbocycles. The Morgan fingerprint density at radius 3 is 2.35 bits per heavy atom. The second kappa shape index (κ2) is 6.69. The van der Waals surface area contributed by atoms with Gasteiger partial charge in [-0.2, -0.15) is 0 Å². The molecular weight excluding hydrogens is 228 g/mol. The van der Waals surface area contributed by atoms with Crippen molar-refractivity contribution in [1.82, 2.24) is 4.90 Å². The maximum Gasteiger partial charge on any atom is 0.0784 e. The molecule has 0 spiro atoms. The van der Waals surface area contributed by atoms with Gasteiger partial charge in [0.15, 0.2) is 0 Å². The molecule has 0 unspecified atom stereocenters. The molecule has 0 saturated heterocycles. The maximum absolute atomic E-state index is 5.76. The van der Waals surface area contributed by atoms with E-state index in [9.17, 15) is 0 Å². The molecule has 2 nitrogen and oxygen atoms in total. The highest BCUT2D eigenvalue weighted by atomic mass is 32.1. The average Bonchev–Trinajstić information content (AvgIpc) is 3.06. The molecule has 1 aliphatic carbocycles. The summed E-state index contributed by atoms with van der Waals surface area (Å²) < 4.78 is 0. The Bertz CT molecular complexity index is 247. The molecule has 1 fully saturated rings. The van der Waals surface area contributed by atoms with Crippen LogP contribution < -0.4 is 5.73 Å². The first kappa shape index (κ1) is 14.9. The highest BCUT2D eigenvalue weighted by Crippen LogP contribution is 2.29. The summed E-state index contributed by atoms with van der Waals surface area (Å²) >= 11 is 5.11. The summed E-state index contributed by atoms with van der Waals surface area (Å²) in [6.07, 6.45) is 7.75. The highest BCUT2D eigenvalue weighted by molar-refractivity contribution is 7.80. The Balaban J connectivity index is 2.24. The third kappa shape index (κ3) is 5.35. The Morgan fingerprint density at radius 2 is 1.88 bits per heavy atom. The average molecular weight is 256 g/mol. The van der Waals surface area contributed by atoms with Crippen LogP contribution in [0.25, 0.3) is 0 Å². The highest BCUT2D eigenvalue weighted by Gasteiger charge is 2.28. The fourth-order valence-corrected chi connectivity index (χ4v) is 2.23. The summed E-state index contributed by atoms with van der Waals surface area (Å²) in [5.41, 5.74) is 5.78. The van der Waals surface area contributed by atoms with Crippen LogP contribution in [-0.4, -0.2) is 29.0 Å². The van der Waals surface area contributed by atoms with E-state index in [1.807, 2.05) is 0 Å². The molecule has 0 heterocycles. The van der Waals surface area contributed by atoms with Crippen molar-refractivity contribution in [2.24, 2.45) is 11.1 Å². The van der Waals surface area contributed by atoms with Gasteiger partial charge in [-0.1, -0.05) is 39.4 Å². The van der Waals surface area contributed by atoms with E-state index in [0.717, 1.165) is 12.5 Å². The number of nitrogens with zero attached hydrogens (tertiary/aromatic N) is 1. The molecular formula is C14H28N2S. The van der Waals surface area contributed by atoms with Crippen molar-refractivity contribution in [3.05, 3.63) is 0 Å². The van der Waals surface area contributed by atoms with Gasteiger partial charge in [0.05, 0.1) is 4.99 Å². The zero-order valence-corrected chi connectivity index (χ0v) is 12.5. The quantitative estimate of drug-likeness (QED) is 0.642. The van der Waals surface area contributed by atoms with Crippen LogP contribution in [0.4, 0.5) is 0 Å². The van der Waals surface area contributed by atoms with Gasteiger partial charge in [-0.05, 0) is 45.2 Å². The molecule has 1 aliphatic rings. The second-order valence-electron chi connectivity index (χ2n) is 5.97. The molecule has 1 rings (SSSR count). The summed E-state index contributed by atoms with van der Waals surface area (Å²) in [5.74, 6) is 0. The molecule has 0 bridgehead atoms. The van der Waals surface area contributed by atoms with Gasteiger partial charge in [0.2, 0.25) is 0 Å². The zero-order chi connectivity index (χ0) is 12.9. The SMILES string of the molecule is CCCCN(CCCC(C)(C)C(N)=S)C1CC1. The second-order valence-corrected chi connectivity index (χ2v) is 6.41. The molecule has 0 atom stereocenters. The molecule has 17 heavy (non-hydrogen) atoms. The molecule has 3 heteroatoms. The topological polar surface area (TPSA) is 29.3 Å². The van der Waals surface area contributed by atoms with Crippen LogP contribution in [0, 0.1) is 5.41 Å². The molecule has 0 aromatic carbocycles. The first-order valence-corrected chi connectivity index (χ1v) is 7.42. The molecule has 100 valence electrons. The van der Waals surface area contributed by atoms with Crippen molar-refractivity contribution in [2.75, 3.05) is 13.1 Å². The van der Waals surface area contributed by atoms with Crippen LogP contribution in [0.1, 0.15) is 59.3 Å². The number of rotatable bonds is 9. The van der Waals surface area contributed by atoms with Gasteiger partial charge in [-0.25, -0.2) is 0 Å². The van der Waals surface area contributed by atoms with Gasteiger partial charge in [0, 0.05) is 11.5 Å². The van der Waals surface area contributed by atoms with Gasteiger partial charge >= 0.3 is 0 Å². The van der Waals surface area contributed by atoms with E-state index in [0.29, 0.717) is 4.99 Å². The lowest BCUT2D eigenvalue weighted by atomic mass is 9.88. The largest absolute Gasteiger partial charge is 0.393 e. The lowest BCUT2D eigenvalue weighted by Gasteiger charge is -2.26. The number of hydrogen-bond donors (Lipinski definition) is 1. The van der Waals surface area contributed by atoms with E-state index in [4.69, 9.17) is 18.0 Å². The third-order valence-electron chi connectivity index (χ3n) is 3.78. The van der Waals surface area contributed by atoms with Crippen LogP contribution in [-0.2, 0) is 0 Å². The first-order chi connectivity index (χ1) is 7.97. The van der Waals surface area contributed by atoms with Gasteiger partial charge in [0.1, 0.15) is 0 Å². The van der Waals surface area contributed by atoms with Crippen molar-refractivity contribution < 1.29 is 0 Å². The Kier molecular flexibility index (Phi) is 5.87. The van der Waals surface area contributed by atoms with E-state index < -0.39 is 0 Å². The smallest absolute Gasteiger partial charge is 0.0784 e. The van der Waals surface area contributed by atoms with Crippen LogP contribution in [0.15, 0.2) is 0 Å². The van der Waals surface area contributed by atoms with E-state index in [1.165, 1.54) is 45.2 Å². The predicted molar refractivity (Wildman–Crippen MR) is 79.3 cm³/mol. The van der Waals surface area contributed by atoms with E-state index in [-0.39, 0.29) is 5.41 Å². The molecule has 0 radical (unpaired) electrons. The number of unbranched alkanes of at least 4 members (excludes halogenated alkanes) is 1. The van der Waals surface area contributed by atoms with Crippen LogP contribution in [0.5, 0.6) is 0 Å². The third-order valence-corrected chi connectivity index (χ3v) is 4.33. The van der Waals surface area contributed by atoms with Gasteiger partial charge < -0.3 is 10.6 Å². The lowest BCUT2D eigenvalue weighted by Crippen LogP contribution is -2.32. The van der Waals surface area contributed by atoms with E-state index in [1.54, 1.807) is 0 Å². The van der Waals surface area contributed by atoms with E-state index in [2.05, 4.69) is 25.7 Å². The Morgan fingerprint density at radius 1 is 1.29 bits per heavy atom. The Hall–Kier alpha value is -0.150. The van der Waals surface area contributed by atoms with Gasteiger partial charge in [-0.15, -0.1) is 0 Å². The Labute approximate surface area is 112 Å². The fourth-order valence-electron chi connectivity index (χ4n) is 2.13. The predicted octanol–water partition coefficient (Wildman–Crippen LogP) is 3.34. The molecule has 0 aromatic rings. The minimum atomic E-state index is 0.0231. The normalized spacial score (nSPS) is 16.5. The van der Waals surface area contributed by atoms with Gasteiger partial charge in [0.25, 0.3) is 0 Å². The standard InChI is InChI=1S/C14H28N2S/c1-4-5-10-16(12-7-8-12)11-6-9-14(2,3)13(15)17/h12H,4-11H2,1-3H3,(H2,15,17). The minimum Gasteiger partial charge on any atom is -0.393 e. The molecule has 0 aromatic heterocycles. The van der Waals surface area contributed by atoms with Crippen LogP contribution in [0.3, 0.4) is 0 Å². The monoisotopic (exact) mass is 256 g/mol. The van der Waals surface area contributed by atoms with Crippen molar-refractivity contribution >= 4 is 17.2 Å². The minimum absolute atomic E-state index is 0.0231. The van der Waals surface area contributed by atoms with Crippen molar-refractivity contribution in [2.45, 2.75) is 65.3 Å². The summed E-state index contributed by atoms with van der Waals surface area (Å²) in [4.78, 5) is 3.32. The van der Waals surface area contributed by atoms with E-state index >= 15 is 0 Å². The van der Waals surface area contributed by atoms with Crippen molar-refractivity contribution in [3.63, 3.8) is 0 Å². The summed E-state index contributed by atoms with van der Waals surface area (Å²) in [7, 11) is 0. The van der Waals surface area contributed by atoms with Crippen LogP contribution in [0.2, 0.25) is 0 Å².